The second-order valence-corrected chi connectivity index (χ2v) is 9.06. The van der Waals surface area contributed by atoms with Crippen LogP contribution in [0.15, 0.2) is 77.3 Å². The number of aromatic amines is 2. The molecule has 2 aromatic heterocycles. The second kappa shape index (κ2) is 10.1. The number of benzene rings is 1. The Morgan fingerprint density at radius 2 is 1.94 bits per heavy atom. The number of rotatable bonds is 6. The lowest BCUT2D eigenvalue weighted by molar-refractivity contribution is 0.239. The molecule has 4 heteroatoms. The molecule has 0 amide bonds. The summed E-state index contributed by atoms with van der Waals surface area (Å²) in [7, 11) is 0. The van der Waals surface area contributed by atoms with Crippen LogP contribution in [0.3, 0.4) is 0 Å². The summed E-state index contributed by atoms with van der Waals surface area (Å²) >= 11 is 0. The average molecular weight is 440 g/mol. The highest BCUT2D eigenvalue weighted by Gasteiger charge is 2.22. The smallest absolute Gasteiger partial charge is 0.147 e. The summed E-state index contributed by atoms with van der Waals surface area (Å²) in [5, 5.41) is 0. The predicted octanol–water partition coefficient (Wildman–Crippen LogP) is 6.94. The second-order valence-electron chi connectivity index (χ2n) is 9.06. The van der Waals surface area contributed by atoms with Crippen molar-refractivity contribution in [3.63, 3.8) is 0 Å². The molecule has 1 aliphatic heterocycles. The summed E-state index contributed by atoms with van der Waals surface area (Å²) in [6, 6.07) is 17.4. The van der Waals surface area contributed by atoms with Crippen LogP contribution < -0.4 is 0 Å². The van der Waals surface area contributed by atoms with E-state index in [1.54, 1.807) is 0 Å². The Morgan fingerprint density at radius 1 is 1.06 bits per heavy atom. The third kappa shape index (κ3) is 5.05. The van der Waals surface area contributed by atoms with Gasteiger partial charge in [-0.3, -0.25) is 0 Å². The zero-order valence-electron chi connectivity index (χ0n) is 19.4. The van der Waals surface area contributed by atoms with Crippen molar-refractivity contribution in [2.75, 3.05) is 6.61 Å². The number of aryl methyl sites for hydroxylation is 1. The minimum absolute atomic E-state index is 0.495. The maximum atomic E-state index is 5.97. The minimum Gasteiger partial charge on any atom is -0.492 e. The Morgan fingerprint density at radius 3 is 2.76 bits per heavy atom. The molecule has 0 fully saturated rings. The summed E-state index contributed by atoms with van der Waals surface area (Å²) in [6.07, 6.45) is 14.7. The summed E-state index contributed by atoms with van der Waals surface area (Å²) < 4.78 is 5.97. The van der Waals surface area contributed by atoms with Gasteiger partial charge < -0.3 is 14.7 Å². The Labute approximate surface area is 196 Å². The van der Waals surface area contributed by atoms with Gasteiger partial charge in [-0.2, -0.15) is 0 Å². The van der Waals surface area contributed by atoms with Crippen LogP contribution in [0.5, 0.6) is 0 Å². The SMILES string of the molecule is CCOC1=CC(c2ccc[nH]2)=N/C1=C/c1[nH]c2cc1C(Cc1ccccc1)CCCCCC2. The summed E-state index contributed by atoms with van der Waals surface area (Å²) in [5.41, 5.74) is 8.17. The monoisotopic (exact) mass is 439 g/mol. The fourth-order valence-corrected chi connectivity index (χ4v) is 5.02. The molecule has 2 bridgehead atoms. The van der Waals surface area contributed by atoms with E-state index >= 15 is 0 Å². The van der Waals surface area contributed by atoms with Gasteiger partial charge in [-0.05, 0) is 73.9 Å². The van der Waals surface area contributed by atoms with E-state index in [1.165, 1.54) is 54.6 Å². The molecule has 0 saturated carbocycles. The third-order valence-electron chi connectivity index (χ3n) is 6.67. The summed E-state index contributed by atoms with van der Waals surface area (Å²) in [6.45, 7) is 2.64. The highest BCUT2D eigenvalue weighted by atomic mass is 16.5. The first-order valence-corrected chi connectivity index (χ1v) is 12.3. The van der Waals surface area contributed by atoms with Crippen LogP contribution in [-0.2, 0) is 17.6 Å². The summed E-state index contributed by atoms with van der Waals surface area (Å²) in [4.78, 5) is 11.9. The van der Waals surface area contributed by atoms with Gasteiger partial charge in [-0.1, -0.05) is 49.6 Å². The Balaban J connectivity index is 1.53. The van der Waals surface area contributed by atoms with Gasteiger partial charge in [0.05, 0.1) is 18.0 Å². The van der Waals surface area contributed by atoms with Gasteiger partial charge in [-0.25, -0.2) is 4.99 Å². The minimum atomic E-state index is 0.495. The van der Waals surface area contributed by atoms with Gasteiger partial charge in [0.25, 0.3) is 0 Å². The van der Waals surface area contributed by atoms with E-state index in [4.69, 9.17) is 9.73 Å². The number of fused-ring (bicyclic) bond motifs is 2. The van der Waals surface area contributed by atoms with Crippen LogP contribution in [0.2, 0.25) is 0 Å². The van der Waals surface area contributed by atoms with Crippen molar-refractivity contribution in [3.05, 3.63) is 100 Å². The Kier molecular flexibility index (Phi) is 6.61. The molecular weight excluding hydrogens is 406 g/mol. The maximum absolute atomic E-state index is 5.97. The van der Waals surface area contributed by atoms with Gasteiger partial charge in [-0.15, -0.1) is 0 Å². The van der Waals surface area contributed by atoms with Gasteiger partial charge in [0, 0.05) is 23.7 Å². The molecule has 0 saturated heterocycles. The number of aliphatic imine (C=N–C) groups is 1. The zero-order valence-corrected chi connectivity index (χ0v) is 19.4. The Bertz CT molecular complexity index is 1150. The maximum Gasteiger partial charge on any atom is 0.147 e. The van der Waals surface area contributed by atoms with E-state index in [0.29, 0.717) is 12.5 Å². The van der Waals surface area contributed by atoms with E-state index < -0.39 is 0 Å². The molecule has 33 heavy (non-hydrogen) atoms. The number of nitrogens with one attached hydrogen (secondary N) is 2. The van der Waals surface area contributed by atoms with Crippen LogP contribution in [0, 0.1) is 0 Å². The van der Waals surface area contributed by atoms with Gasteiger partial charge in [0.1, 0.15) is 11.5 Å². The molecule has 2 N–H and O–H groups in total. The molecule has 0 spiro atoms. The number of ether oxygens (including phenoxy) is 1. The number of hydrogen-bond acceptors (Lipinski definition) is 2. The first-order chi connectivity index (χ1) is 16.3. The predicted molar refractivity (Wildman–Crippen MR) is 135 cm³/mol. The molecule has 1 atom stereocenters. The van der Waals surface area contributed by atoms with E-state index in [2.05, 4.69) is 52.4 Å². The van der Waals surface area contributed by atoms with Crippen LogP contribution in [0.4, 0.5) is 0 Å². The average Bonchev–Trinajstić information content (AvgIpc) is 3.57. The van der Waals surface area contributed by atoms with Crippen molar-refractivity contribution in [1.29, 1.82) is 0 Å². The standard InChI is InChI=1S/C29H33N3O/c1-2-33-29-20-27(25-15-10-16-30-25)32-28(29)19-26-24-18-23(31-26)14-9-4-3-8-13-22(24)17-21-11-6-5-7-12-21/h5-7,10-12,15-16,18-20,22,30-31H,2-4,8-9,13-14,17H2,1H3/b28-19+. The molecule has 3 aromatic rings. The molecule has 3 heterocycles. The molecule has 1 aromatic carbocycles. The van der Waals surface area contributed by atoms with Crippen molar-refractivity contribution in [2.45, 2.75) is 57.8 Å². The Hall–Kier alpha value is -3.27. The molecule has 2 aliphatic rings. The zero-order chi connectivity index (χ0) is 22.5. The van der Waals surface area contributed by atoms with Crippen molar-refractivity contribution in [2.24, 2.45) is 4.99 Å². The van der Waals surface area contributed by atoms with Crippen molar-refractivity contribution >= 4 is 11.8 Å². The van der Waals surface area contributed by atoms with E-state index in [1.807, 2.05) is 31.3 Å². The molecule has 1 aliphatic carbocycles. The molecule has 4 nitrogen and oxygen atoms in total. The van der Waals surface area contributed by atoms with Crippen molar-refractivity contribution < 1.29 is 4.74 Å². The highest BCUT2D eigenvalue weighted by Crippen LogP contribution is 2.34. The van der Waals surface area contributed by atoms with Gasteiger partial charge in [0.2, 0.25) is 0 Å². The lowest BCUT2D eigenvalue weighted by atomic mass is 9.86. The van der Waals surface area contributed by atoms with E-state index in [0.717, 1.165) is 35.7 Å². The van der Waals surface area contributed by atoms with E-state index in [9.17, 15) is 0 Å². The third-order valence-corrected chi connectivity index (χ3v) is 6.67. The fourth-order valence-electron chi connectivity index (χ4n) is 5.02. The lowest BCUT2D eigenvalue weighted by Gasteiger charge is -2.18. The topological polar surface area (TPSA) is 53.2 Å². The van der Waals surface area contributed by atoms with Crippen molar-refractivity contribution in [3.8, 4) is 0 Å². The number of H-pyrrole nitrogens is 2. The molecule has 0 radical (unpaired) electrons. The fraction of sp³-hybridized carbons (Fsp3) is 0.345. The summed E-state index contributed by atoms with van der Waals surface area (Å²) in [5.74, 6) is 1.34. The number of nitrogens with zero attached hydrogens (tertiary/aromatic N) is 1. The van der Waals surface area contributed by atoms with Crippen LogP contribution in [-0.4, -0.2) is 22.3 Å². The largest absolute Gasteiger partial charge is 0.492 e. The highest BCUT2D eigenvalue weighted by molar-refractivity contribution is 6.11. The number of allylic oxidation sites excluding steroid dienone is 1. The molecule has 170 valence electrons. The van der Waals surface area contributed by atoms with Crippen LogP contribution in [0.1, 0.15) is 73.2 Å². The molecular formula is C29H33N3O. The number of aromatic nitrogens is 2. The lowest BCUT2D eigenvalue weighted by Crippen LogP contribution is -2.05. The van der Waals surface area contributed by atoms with Crippen molar-refractivity contribution in [1.82, 2.24) is 9.97 Å². The first-order valence-electron chi connectivity index (χ1n) is 12.3. The van der Waals surface area contributed by atoms with Crippen LogP contribution in [0.25, 0.3) is 6.08 Å². The van der Waals surface area contributed by atoms with Gasteiger partial charge in [0.15, 0.2) is 0 Å². The molecule has 1 unspecified atom stereocenters. The number of hydrogen-bond donors (Lipinski definition) is 2. The van der Waals surface area contributed by atoms with Crippen LogP contribution >= 0.6 is 0 Å². The van der Waals surface area contributed by atoms with E-state index in [-0.39, 0.29) is 0 Å². The normalized spacial score (nSPS) is 19.9. The quantitative estimate of drug-likeness (QED) is 0.429. The first kappa shape index (κ1) is 21.6. The molecule has 5 rings (SSSR count). The van der Waals surface area contributed by atoms with Gasteiger partial charge >= 0.3 is 0 Å².